The Hall–Kier alpha value is -3.39. The Morgan fingerprint density at radius 2 is 1.97 bits per heavy atom. The fourth-order valence-electron chi connectivity index (χ4n) is 4.54. The Bertz CT molecular complexity index is 1490. The maximum Gasteiger partial charge on any atom is 0.281 e. The highest BCUT2D eigenvalue weighted by atomic mass is 32.2. The van der Waals surface area contributed by atoms with Crippen molar-refractivity contribution in [2.24, 2.45) is 14.1 Å². The van der Waals surface area contributed by atoms with E-state index in [1.807, 2.05) is 17.8 Å². The van der Waals surface area contributed by atoms with Crippen molar-refractivity contribution in [2.75, 3.05) is 4.72 Å². The van der Waals surface area contributed by atoms with Crippen molar-refractivity contribution in [1.29, 1.82) is 0 Å². The van der Waals surface area contributed by atoms with E-state index in [0.717, 1.165) is 35.8 Å². The highest BCUT2D eigenvalue weighted by Crippen LogP contribution is 2.37. The fraction of sp³-hybridized carbons (Fsp3) is 0.280. The number of allylic oxidation sites excluding steroid dienone is 1. The second kappa shape index (κ2) is 8.19. The average Bonchev–Trinajstić information content (AvgIpc) is 3.31. The number of benzene rings is 1. The lowest BCUT2D eigenvalue weighted by Crippen LogP contribution is -2.14. The van der Waals surface area contributed by atoms with Crippen LogP contribution >= 0.6 is 0 Å². The summed E-state index contributed by atoms with van der Waals surface area (Å²) in [5.41, 5.74) is 7.26. The first-order valence-electron chi connectivity index (χ1n) is 11.1. The molecular weight excluding hydrogens is 434 g/mol. The van der Waals surface area contributed by atoms with Gasteiger partial charge in [-0.3, -0.25) is 9.40 Å². The van der Waals surface area contributed by atoms with E-state index in [-0.39, 0.29) is 5.03 Å². The van der Waals surface area contributed by atoms with Crippen LogP contribution in [0.2, 0.25) is 0 Å². The molecule has 1 N–H and O–H groups in total. The second-order valence-corrected chi connectivity index (χ2v) is 10.2. The molecule has 0 saturated heterocycles. The first kappa shape index (κ1) is 21.5. The first-order chi connectivity index (χ1) is 15.9. The zero-order valence-corrected chi connectivity index (χ0v) is 19.9. The molecule has 0 bridgehead atoms. The van der Waals surface area contributed by atoms with Crippen molar-refractivity contribution in [2.45, 2.75) is 37.6 Å². The summed E-state index contributed by atoms with van der Waals surface area (Å²) in [6.45, 7) is 2.21. The van der Waals surface area contributed by atoms with Gasteiger partial charge in [0.1, 0.15) is 5.65 Å². The standard InChI is InChI=1S/C25H27N5O2S/c1-4-17-6-5-7-18-8-9-19(15-20(18)14-17)21-16-29(2)25-24(21)22(10-12-26-25)28-33(31,32)23-11-13-30(3)27-23/h8-16H,4-7H2,1-3H3,(H,26,28). The number of aryl methyl sites for hydroxylation is 3. The maximum absolute atomic E-state index is 13.0. The minimum atomic E-state index is -3.83. The highest BCUT2D eigenvalue weighted by Gasteiger charge is 2.22. The van der Waals surface area contributed by atoms with Crippen molar-refractivity contribution in [3.05, 3.63) is 65.6 Å². The molecule has 0 atom stereocenters. The molecule has 3 heterocycles. The molecule has 170 valence electrons. The summed E-state index contributed by atoms with van der Waals surface area (Å²) in [4.78, 5) is 4.52. The normalized spacial score (nSPS) is 14.1. The quantitative estimate of drug-likeness (QED) is 0.458. The first-order valence-corrected chi connectivity index (χ1v) is 12.6. The van der Waals surface area contributed by atoms with E-state index in [1.165, 1.54) is 33.9 Å². The molecule has 1 aliphatic carbocycles. The molecule has 0 amide bonds. The molecule has 0 saturated carbocycles. The summed E-state index contributed by atoms with van der Waals surface area (Å²) in [6.07, 6.45) is 12.0. The van der Waals surface area contributed by atoms with E-state index in [1.54, 1.807) is 25.5 Å². The summed E-state index contributed by atoms with van der Waals surface area (Å²) >= 11 is 0. The number of fused-ring (bicyclic) bond motifs is 2. The van der Waals surface area contributed by atoms with Gasteiger partial charge in [-0.15, -0.1) is 0 Å². The van der Waals surface area contributed by atoms with Crippen LogP contribution in [0.5, 0.6) is 0 Å². The number of hydrogen-bond donors (Lipinski definition) is 1. The minimum Gasteiger partial charge on any atom is -0.335 e. The fourth-order valence-corrected chi connectivity index (χ4v) is 5.58. The highest BCUT2D eigenvalue weighted by molar-refractivity contribution is 7.92. The Morgan fingerprint density at radius 1 is 1.12 bits per heavy atom. The SMILES string of the molecule is CCC1=Cc2cc(-c3cn(C)c4nccc(NS(=O)(=O)c5ccn(C)n5)c34)ccc2CCC1. The van der Waals surface area contributed by atoms with E-state index in [0.29, 0.717) is 11.3 Å². The predicted octanol–water partition coefficient (Wildman–Crippen LogP) is 4.90. The van der Waals surface area contributed by atoms with Gasteiger partial charge in [0.25, 0.3) is 10.0 Å². The van der Waals surface area contributed by atoms with E-state index >= 15 is 0 Å². The summed E-state index contributed by atoms with van der Waals surface area (Å²) in [6, 6.07) is 9.73. The maximum atomic E-state index is 13.0. The smallest absolute Gasteiger partial charge is 0.281 e. The van der Waals surface area contributed by atoms with Crippen molar-refractivity contribution < 1.29 is 8.42 Å². The van der Waals surface area contributed by atoms with Crippen LogP contribution < -0.4 is 4.72 Å². The molecule has 33 heavy (non-hydrogen) atoms. The molecule has 0 aliphatic heterocycles. The zero-order chi connectivity index (χ0) is 23.2. The van der Waals surface area contributed by atoms with Crippen molar-refractivity contribution >= 4 is 32.8 Å². The number of nitrogens with zero attached hydrogens (tertiary/aromatic N) is 4. The van der Waals surface area contributed by atoms with Crippen LogP contribution in [0.25, 0.3) is 28.2 Å². The summed E-state index contributed by atoms with van der Waals surface area (Å²) in [7, 11) is -0.217. The van der Waals surface area contributed by atoms with Crippen LogP contribution in [-0.4, -0.2) is 27.7 Å². The molecule has 3 aromatic heterocycles. The number of rotatable bonds is 5. The number of sulfonamides is 1. The lowest BCUT2D eigenvalue weighted by atomic mass is 9.97. The van der Waals surface area contributed by atoms with Gasteiger partial charge in [-0.2, -0.15) is 13.5 Å². The van der Waals surface area contributed by atoms with E-state index in [2.05, 4.69) is 46.0 Å². The van der Waals surface area contributed by atoms with Crippen LogP contribution in [0.15, 0.2) is 59.5 Å². The monoisotopic (exact) mass is 461 g/mol. The summed E-state index contributed by atoms with van der Waals surface area (Å²) < 4.78 is 32.1. The number of nitrogens with one attached hydrogen (secondary N) is 1. The molecule has 0 unspecified atom stereocenters. The largest absolute Gasteiger partial charge is 0.335 e. The Kier molecular flexibility index (Phi) is 5.32. The zero-order valence-electron chi connectivity index (χ0n) is 19.0. The van der Waals surface area contributed by atoms with E-state index < -0.39 is 10.0 Å². The van der Waals surface area contributed by atoms with Crippen molar-refractivity contribution in [3.63, 3.8) is 0 Å². The molecule has 5 rings (SSSR count). The van der Waals surface area contributed by atoms with E-state index in [4.69, 9.17) is 0 Å². The summed E-state index contributed by atoms with van der Waals surface area (Å²) in [5.74, 6) is 0. The molecule has 4 aromatic rings. The minimum absolute atomic E-state index is 0.0188. The topological polar surface area (TPSA) is 81.8 Å². The molecule has 0 fully saturated rings. The van der Waals surface area contributed by atoms with Crippen molar-refractivity contribution in [3.8, 4) is 11.1 Å². The Morgan fingerprint density at radius 3 is 2.73 bits per heavy atom. The molecule has 8 heteroatoms. The Balaban J connectivity index is 1.64. The van der Waals surface area contributed by atoms with Gasteiger partial charge >= 0.3 is 0 Å². The van der Waals surface area contributed by atoms with Crippen molar-refractivity contribution in [1.82, 2.24) is 19.3 Å². The molecule has 7 nitrogen and oxygen atoms in total. The van der Waals surface area contributed by atoms with Crippen LogP contribution in [0, 0.1) is 0 Å². The third-order valence-corrected chi connectivity index (χ3v) is 7.54. The van der Waals surface area contributed by atoms with Crippen LogP contribution in [0.3, 0.4) is 0 Å². The summed E-state index contributed by atoms with van der Waals surface area (Å²) in [5, 5.41) is 4.81. The van der Waals surface area contributed by atoms with Gasteiger partial charge in [0.2, 0.25) is 0 Å². The number of pyridine rings is 1. The van der Waals surface area contributed by atoms with Gasteiger partial charge in [0, 0.05) is 38.2 Å². The van der Waals surface area contributed by atoms with Crippen LogP contribution in [0.1, 0.15) is 37.3 Å². The number of hydrogen-bond acceptors (Lipinski definition) is 4. The van der Waals surface area contributed by atoms with Gasteiger partial charge in [-0.25, -0.2) is 4.98 Å². The van der Waals surface area contributed by atoms with Gasteiger partial charge in [0.05, 0.1) is 11.1 Å². The lowest BCUT2D eigenvalue weighted by Gasteiger charge is -2.10. The lowest BCUT2D eigenvalue weighted by molar-refractivity contribution is 0.593. The molecule has 1 aromatic carbocycles. The number of aromatic nitrogens is 4. The molecule has 0 spiro atoms. The molecule has 0 radical (unpaired) electrons. The van der Waals surface area contributed by atoms with Gasteiger partial charge < -0.3 is 4.57 Å². The third-order valence-electron chi connectivity index (χ3n) is 6.28. The van der Waals surface area contributed by atoms with Gasteiger partial charge in [0.15, 0.2) is 5.03 Å². The number of anilines is 1. The van der Waals surface area contributed by atoms with E-state index in [9.17, 15) is 8.42 Å². The third kappa shape index (κ3) is 3.95. The van der Waals surface area contributed by atoms with Crippen LogP contribution in [-0.2, 0) is 30.5 Å². The Labute approximate surface area is 193 Å². The van der Waals surface area contributed by atoms with Gasteiger partial charge in [-0.1, -0.05) is 30.7 Å². The second-order valence-electron chi connectivity index (χ2n) is 8.57. The van der Waals surface area contributed by atoms with Gasteiger partial charge in [-0.05, 0) is 60.6 Å². The van der Waals surface area contributed by atoms with Crippen LogP contribution in [0.4, 0.5) is 5.69 Å². The predicted molar refractivity (Wildman–Crippen MR) is 131 cm³/mol. The molecular formula is C25H27N5O2S. The molecule has 1 aliphatic rings. The average molecular weight is 462 g/mol.